The Bertz CT molecular complexity index is 1390. The number of nitrogens with zero attached hydrogens (tertiary/aromatic N) is 1. The van der Waals surface area contributed by atoms with Gasteiger partial charge in [-0.3, -0.25) is 14.4 Å². The van der Waals surface area contributed by atoms with Crippen molar-refractivity contribution in [3.63, 3.8) is 0 Å². The summed E-state index contributed by atoms with van der Waals surface area (Å²) in [6.07, 6.45) is 0.0342. The van der Waals surface area contributed by atoms with Crippen LogP contribution in [0.3, 0.4) is 0 Å². The molecular weight excluding hydrogens is 508 g/mol. The second-order valence-corrected chi connectivity index (χ2v) is 8.87. The van der Waals surface area contributed by atoms with E-state index in [1.165, 1.54) is 12.1 Å². The monoisotopic (exact) mass is 527 g/mol. The molecule has 0 radical (unpaired) electrons. The Balaban J connectivity index is 1.49. The van der Waals surface area contributed by atoms with Gasteiger partial charge < -0.3 is 15.4 Å². The molecule has 3 aromatic rings. The highest BCUT2D eigenvalue weighted by molar-refractivity contribution is 6.53. The molecule has 1 heterocycles. The fraction of sp³-hybridized carbons (Fsp3) is 0.115. The van der Waals surface area contributed by atoms with E-state index < -0.39 is 17.6 Å². The van der Waals surface area contributed by atoms with Crippen molar-refractivity contribution in [2.75, 3.05) is 15.5 Å². The smallest absolute Gasteiger partial charge is 0.283 e. The third kappa shape index (κ3) is 5.35. The zero-order valence-corrected chi connectivity index (χ0v) is 20.7. The summed E-state index contributed by atoms with van der Waals surface area (Å²) < 4.78 is 19.1. The first-order valence-corrected chi connectivity index (χ1v) is 11.6. The molecular formula is C26H20Cl2FN3O4. The maximum Gasteiger partial charge on any atom is 0.283 e. The van der Waals surface area contributed by atoms with E-state index in [1.807, 2.05) is 13.8 Å². The van der Waals surface area contributed by atoms with Crippen LogP contribution in [0, 0.1) is 5.82 Å². The second-order valence-electron chi connectivity index (χ2n) is 8.08. The van der Waals surface area contributed by atoms with Gasteiger partial charge in [-0.1, -0.05) is 29.3 Å². The van der Waals surface area contributed by atoms with E-state index in [2.05, 4.69) is 10.6 Å². The Morgan fingerprint density at radius 1 is 0.944 bits per heavy atom. The average molecular weight is 528 g/mol. The zero-order valence-electron chi connectivity index (χ0n) is 19.1. The van der Waals surface area contributed by atoms with Crippen molar-refractivity contribution in [1.82, 2.24) is 0 Å². The number of imide groups is 1. The Hall–Kier alpha value is -3.88. The van der Waals surface area contributed by atoms with Crippen LogP contribution in [0.1, 0.15) is 24.2 Å². The van der Waals surface area contributed by atoms with Crippen molar-refractivity contribution >= 4 is 58.0 Å². The Kier molecular flexibility index (Phi) is 7.28. The lowest BCUT2D eigenvalue weighted by molar-refractivity contribution is -0.120. The van der Waals surface area contributed by atoms with Gasteiger partial charge in [-0.25, -0.2) is 9.29 Å². The van der Waals surface area contributed by atoms with Gasteiger partial charge in [0.15, 0.2) is 0 Å². The van der Waals surface area contributed by atoms with Crippen molar-refractivity contribution in [2.24, 2.45) is 0 Å². The number of anilines is 3. The molecule has 0 aromatic heterocycles. The fourth-order valence-corrected chi connectivity index (χ4v) is 3.83. The first-order chi connectivity index (χ1) is 17.1. The molecule has 0 saturated carbocycles. The van der Waals surface area contributed by atoms with Crippen molar-refractivity contribution in [3.8, 4) is 5.75 Å². The van der Waals surface area contributed by atoms with E-state index in [-0.39, 0.29) is 33.5 Å². The summed E-state index contributed by atoms with van der Waals surface area (Å²) >= 11 is 11.9. The molecule has 4 rings (SSSR count). The Morgan fingerprint density at radius 2 is 1.67 bits per heavy atom. The van der Waals surface area contributed by atoms with Gasteiger partial charge in [0, 0.05) is 16.9 Å². The molecule has 0 saturated heterocycles. The third-order valence-corrected chi connectivity index (χ3v) is 5.71. The highest BCUT2D eigenvalue weighted by atomic mass is 35.5. The fourth-order valence-electron chi connectivity index (χ4n) is 3.44. The van der Waals surface area contributed by atoms with Crippen LogP contribution in [0.25, 0.3) is 0 Å². The standard InChI is InChI=1S/C26H20Cl2FN3O4/c1-14(2)36-19-9-6-16(7-10-19)31-24(33)15-4-3-5-17(12-15)30-23-22(28)25(34)32(26(23)35)18-8-11-21(29)20(27)13-18/h3-14,30H,1-2H3,(H,31,33). The molecule has 2 N–H and O–H groups in total. The number of hydrogen-bond acceptors (Lipinski definition) is 5. The number of rotatable bonds is 7. The van der Waals surface area contributed by atoms with E-state index in [0.29, 0.717) is 22.7 Å². The number of amides is 3. The van der Waals surface area contributed by atoms with Crippen LogP contribution in [0.4, 0.5) is 21.5 Å². The summed E-state index contributed by atoms with van der Waals surface area (Å²) in [4.78, 5) is 39.1. The van der Waals surface area contributed by atoms with Crippen LogP contribution >= 0.6 is 23.2 Å². The summed E-state index contributed by atoms with van der Waals surface area (Å²) in [5.41, 5.74) is 1.13. The molecule has 1 aliphatic rings. The second kappa shape index (κ2) is 10.4. The lowest BCUT2D eigenvalue weighted by Crippen LogP contribution is -2.32. The molecule has 184 valence electrons. The first kappa shape index (κ1) is 25.2. The van der Waals surface area contributed by atoms with Gasteiger partial charge in [-0.2, -0.15) is 0 Å². The van der Waals surface area contributed by atoms with Gasteiger partial charge in [-0.15, -0.1) is 0 Å². The summed E-state index contributed by atoms with van der Waals surface area (Å²) in [6.45, 7) is 3.84. The Labute approximate surface area is 216 Å². The van der Waals surface area contributed by atoms with E-state index in [0.717, 1.165) is 17.0 Å². The van der Waals surface area contributed by atoms with Crippen LogP contribution in [0.5, 0.6) is 5.75 Å². The summed E-state index contributed by atoms with van der Waals surface area (Å²) in [5, 5.41) is 5.01. The molecule has 0 bridgehead atoms. The van der Waals surface area contributed by atoms with Gasteiger partial charge in [-0.05, 0) is 74.5 Å². The lowest BCUT2D eigenvalue weighted by atomic mass is 10.1. The zero-order chi connectivity index (χ0) is 26.0. The third-order valence-electron chi connectivity index (χ3n) is 5.07. The van der Waals surface area contributed by atoms with Crippen LogP contribution in [0.2, 0.25) is 5.02 Å². The number of carbonyl (C=O) groups excluding carboxylic acids is 3. The topological polar surface area (TPSA) is 87.7 Å². The minimum Gasteiger partial charge on any atom is -0.491 e. The summed E-state index contributed by atoms with van der Waals surface area (Å²) in [5.74, 6) is -1.91. The van der Waals surface area contributed by atoms with Gasteiger partial charge in [0.05, 0.1) is 16.8 Å². The first-order valence-electron chi connectivity index (χ1n) is 10.8. The molecule has 3 aromatic carbocycles. The predicted molar refractivity (Wildman–Crippen MR) is 137 cm³/mol. The molecule has 0 atom stereocenters. The quantitative estimate of drug-likeness (QED) is 0.370. The lowest BCUT2D eigenvalue weighted by Gasteiger charge is -2.15. The van der Waals surface area contributed by atoms with Gasteiger partial charge in [0.2, 0.25) is 0 Å². The maximum atomic E-state index is 13.5. The Morgan fingerprint density at radius 3 is 2.33 bits per heavy atom. The molecule has 0 unspecified atom stereocenters. The van der Waals surface area contributed by atoms with E-state index >= 15 is 0 Å². The molecule has 0 fully saturated rings. The van der Waals surface area contributed by atoms with Crippen LogP contribution in [-0.4, -0.2) is 23.8 Å². The molecule has 3 amide bonds. The maximum absolute atomic E-state index is 13.5. The van der Waals surface area contributed by atoms with Crippen LogP contribution < -0.4 is 20.3 Å². The van der Waals surface area contributed by atoms with Crippen molar-refractivity contribution in [1.29, 1.82) is 0 Å². The number of nitrogens with one attached hydrogen (secondary N) is 2. The molecule has 1 aliphatic heterocycles. The van der Waals surface area contributed by atoms with Gasteiger partial charge in [0.1, 0.15) is 22.3 Å². The number of benzene rings is 3. The highest BCUT2D eigenvalue weighted by Crippen LogP contribution is 2.32. The number of halogens is 3. The molecule has 10 heteroatoms. The predicted octanol–water partition coefficient (Wildman–Crippen LogP) is 5.95. The number of ether oxygens (including phenoxy) is 1. The summed E-state index contributed by atoms with van der Waals surface area (Å²) in [7, 11) is 0. The number of hydrogen-bond donors (Lipinski definition) is 2. The normalized spacial score (nSPS) is 13.4. The average Bonchev–Trinajstić information content (AvgIpc) is 3.05. The van der Waals surface area contributed by atoms with E-state index in [9.17, 15) is 18.8 Å². The van der Waals surface area contributed by atoms with Gasteiger partial charge >= 0.3 is 0 Å². The molecule has 0 aliphatic carbocycles. The van der Waals surface area contributed by atoms with E-state index in [1.54, 1.807) is 42.5 Å². The highest BCUT2D eigenvalue weighted by Gasteiger charge is 2.39. The van der Waals surface area contributed by atoms with Gasteiger partial charge in [0.25, 0.3) is 17.7 Å². The molecule has 7 nitrogen and oxygen atoms in total. The number of carbonyl (C=O) groups is 3. The van der Waals surface area contributed by atoms with Crippen LogP contribution in [0.15, 0.2) is 77.5 Å². The minimum absolute atomic E-state index is 0.0342. The van der Waals surface area contributed by atoms with Crippen molar-refractivity contribution < 1.29 is 23.5 Å². The van der Waals surface area contributed by atoms with Crippen LogP contribution in [-0.2, 0) is 9.59 Å². The molecule has 36 heavy (non-hydrogen) atoms. The van der Waals surface area contributed by atoms with E-state index in [4.69, 9.17) is 27.9 Å². The summed E-state index contributed by atoms with van der Waals surface area (Å²) in [6, 6.07) is 16.7. The SMILES string of the molecule is CC(C)Oc1ccc(NC(=O)c2cccc(NC3=C(Cl)C(=O)N(c4ccc(F)c(Cl)c4)C3=O)c2)cc1. The molecule has 0 spiro atoms. The largest absolute Gasteiger partial charge is 0.491 e. The minimum atomic E-state index is -0.786. The van der Waals surface area contributed by atoms with Crippen molar-refractivity contribution in [2.45, 2.75) is 20.0 Å². The van der Waals surface area contributed by atoms with Crippen molar-refractivity contribution in [3.05, 3.63) is 93.9 Å².